The zero-order valence-corrected chi connectivity index (χ0v) is 17.5. The Labute approximate surface area is 178 Å². The Morgan fingerprint density at radius 3 is 2.16 bits per heavy atom. The molecule has 0 unspecified atom stereocenters. The predicted octanol–water partition coefficient (Wildman–Crippen LogP) is 3.96. The highest BCUT2D eigenvalue weighted by Crippen LogP contribution is 2.23. The average Bonchev–Trinajstić information content (AvgIpc) is 2.74. The standard InChI is InChI=1S/C21H19N3O6S/c1-14-19(4-3-5-20(14)24(26)27)21(25)22-15-8-12-18(13-9-15)31(28,29)23-16-6-10-17(30-2)11-7-16/h3-13,23H,1-2H3,(H,22,25). The van der Waals surface area contributed by atoms with Crippen LogP contribution in [0.4, 0.5) is 17.1 Å². The molecule has 0 saturated carbocycles. The van der Waals surface area contributed by atoms with Crippen LogP contribution in [-0.2, 0) is 10.0 Å². The smallest absolute Gasteiger partial charge is 0.273 e. The van der Waals surface area contributed by atoms with E-state index >= 15 is 0 Å². The fraction of sp³-hybridized carbons (Fsp3) is 0.0952. The van der Waals surface area contributed by atoms with Crippen molar-refractivity contribution in [3.63, 3.8) is 0 Å². The van der Waals surface area contributed by atoms with Crippen molar-refractivity contribution in [3.8, 4) is 5.75 Å². The lowest BCUT2D eigenvalue weighted by Crippen LogP contribution is -2.15. The van der Waals surface area contributed by atoms with Crippen molar-refractivity contribution >= 4 is 33.0 Å². The van der Waals surface area contributed by atoms with Crippen LogP contribution in [0.2, 0.25) is 0 Å². The first-order chi connectivity index (χ1) is 14.7. The number of sulfonamides is 1. The van der Waals surface area contributed by atoms with Crippen molar-refractivity contribution in [2.24, 2.45) is 0 Å². The van der Waals surface area contributed by atoms with Gasteiger partial charge in [-0.2, -0.15) is 0 Å². The van der Waals surface area contributed by atoms with Gasteiger partial charge in [0.25, 0.3) is 21.6 Å². The van der Waals surface area contributed by atoms with E-state index in [0.29, 0.717) is 17.1 Å². The molecule has 0 radical (unpaired) electrons. The molecule has 10 heteroatoms. The number of methoxy groups -OCH3 is 1. The second-order valence-corrected chi connectivity index (χ2v) is 8.20. The van der Waals surface area contributed by atoms with E-state index in [1.165, 1.54) is 56.5 Å². The van der Waals surface area contributed by atoms with Crippen molar-refractivity contribution in [3.05, 3.63) is 88.0 Å². The van der Waals surface area contributed by atoms with Crippen LogP contribution in [0.5, 0.6) is 5.75 Å². The zero-order chi connectivity index (χ0) is 22.6. The molecule has 0 saturated heterocycles. The molecule has 2 N–H and O–H groups in total. The molecule has 1 amide bonds. The van der Waals surface area contributed by atoms with Gasteiger partial charge in [0.15, 0.2) is 0 Å². The van der Waals surface area contributed by atoms with Gasteiger partial charge >= 0.3 is 0 Å². The highest BCUT2D eigenvalue weighted by molar-refractivity contribution is 7.92. The summed E-state index contributed by atoms with van der Waals surface area (Å²) < 4.78 is 32.6. The third-order valence-corrected chi connectivity index (χ3v) is 5.91. The molecule has 160 valence electrons. The maximum Gasteiger partial charge on any atom is 0.273 e. The van der Waals surface area contributed by atoms with Crippen LogP contribution in [-0.4, -0.2) is 26.4 Å². The largest absolute Gasteiger partial charge is 0.497 e. The van der Waals surface area contributed by atoms with Gasteiger partial charge in [0, 0.05) is 28.6 Å². The third kappa shape index (κ3) is 4.98. The summed E-state index contributed by atoms with van der Waals surface area (Å²) in [7, 11) is -2.32. The number of rotatable bonds is 7. The van der Waals surface area contributed by atoms with Crippen LogP contribution in [0.3, 0.4) is 0 Å². The predicted molar refractivity (Wildman–Crippen MR) is 116 cm³/mol. The number of hydrogen-bond donors (Lipinski definition) is 2. The van der Waals surface area contributed by atoms with Crippen LogP contribution in [0.1, 0.15) is 15.9 Å². The van der Waals surface area contributed by atoms with Gasteiger partial charge in [-0.25, -0.2) is 8.42 Å². The van der Waals surface area contributed by atoms with E-state index in [1.807, 2.05) is 0 Å². The summed E-state index contributed by atoms with van der Waals surface area (Å²) in [4.78, 5) is 23.0. The van der Waals surface area contributed by atoms with Gasteiger partial charge in [0.05, 0.1) is 16.9 Å². The summed E-state index contributed by atoms with van der Waals surface area (Å²) in [6, 6.07) is 16.2. The number of anilines is 2. The number of ether oxygens (including phenoxy) is 1. The summed E-state index contributed by atoms with van der Waals surface area (Å²) in [6.07, 6.45) is 0. The van der Waals surface area contributed by atoms with Crippen molar-refractivity contribution in [2.75, 3.05) is 17.1 Å². The lowest BCUT2D eigenvalue weighted by atomic mass is 10.1. The van der Waals surface area contributed by atoms with Crippen LogP contribution in [0, 0.1) is 17.0 Å². The molecular weight excluding hydrogens is 422 g/mol. The van der Waals surface area contributed by atoms with E-state index in [-0.39, 0.29) is 21.7 Å². The van der Waals surface area contributed by atoms with Gasteiger partial charge in [-0.3, -0.25) is 19.6 Å². The molecule has 0 aliphatic rings. The first kappa shape index (κ1) is 21.8. The molecule has 0 heterocycles. The average molecular weight is 441 g/mol. The van der Waals surface area contributed by atoms with E-state index in [0.717, 1.165) is 0 Å². The van der Waals surface area contributed by atoms with Gasteiger partial charge in [-0.05, 0) is 61.5 Å². The highest BCUT2D eigenvalue weighted by atomic mass is 32.2. The lowest BCUT2D eigenvalue weighted by Gasteiger charge is -2.11. The minimum absolute atomic E-state index is 0.00727. The molecule has 0 atom stereocenters. The fourth-order valence-corrected chi connectivity index (χ4v) is 3.91. The number of nitrogens with zero attached hydrogens (tertiary/aromatic N) is 1. The van der Waals surface area contributed by atoms with Gasteiger partial charge in [0.2, 0.25) is 0 Å². The first-order valence-corrected chi connectivity index (χ1v) is 10.5. The minimum atomic E-state index is -3.83. The molecule has 3 rings (SSSR count). The molecule has 0 fully saturated rings. The Morgan fingerprint density at radius 1 is 0.968 bits per heavy atom. The van der Waals surface area contributed by atoms with Crippen LogP contribution < -0.4 is 14.8 Å². The van der Waals surface area contributed by atoms with Gasteiger partial charge in [-0.15, -0.1) is 0 Å². The van der Waals surface area contributed by atoms with E-state index in [2.05, 4.69) is 10.0 Å². The molecule has 0 spiro atoms. The quantitative estimate of drug-likeness (QED) is 0.422. The molecule has 31 heavy (non-hydrogen) atoms. The van der Waals surface area contributed by atoms with Crippen molar-refractivity contribution in [1.82, 2.24) is 0 Å². The zero-order valence-electron chi connectivity index (χ0n) is 16.7. The Kier molecular flexibility index (Phi) is 6.21. The van der Waals surface area contributed by atoms with E-state index in [4.69, 9.17) is 4.74 Å². The molecular formula is C21H19N3O6S. The number of carbonyl (C=O) groups excluding carboxylic acids is 1. The Hall–Kier alpha value is -3.92. The van der Waals surface area contributed by atoms with Gasteiger partial charge < -0.3 is 10.1 Å². The highest BCUT2D eigenvalue weighted by Gasteiger charge is 2.19. The maximum absolute atomic E-state index is 12.6. The van der Waals surface area contributed by atoms with Crippen LogP contribution in [0.15, 0.2) is 71.6 Å². The number of nitrogens with one attached hydrogen (secondary N) is 2. The van der Waals surface area contributed by atoms with E-state index < -0.39 is 20.9 Å². The SMILES string of the molecule is COc1ccc(NS(=O)(=O)c2ccc(NC(=O)c3cccc([N+](=O)[O-])c3C)cc2)cc1. The summed E-state index contributed by atoms with van der Waals surface area (Å²) in [5, 5.41) is 13.7. The number of hydrogen-bond acceptors (Lipinski definition) is 6. The van der Waals surface area contributed by atoms with Crippen LogP contribution in [0.25, 0.3) is 0 Å². The number of amides is 1. The summed E-state index contributed by atoms with van der Waals surface area (Å²) in [6.45, 7) is 1.49. The number of nitro groups is 1. The van der Waals surface area contributed by atoms with Crippen molar-refractivity contribution in [1.29, 1.82) is 0 Å². The second kappa shape index (κ2) is 8.84. The summed E-state index contributed by atoms with van der Waals surface area (Å²) in [5.41, 5.74) is 0.970. The Bertz CT molecular complexity index is 1220. The Morgan fingerprint density at radius 2 is 1.58 bits per heavy atom. The third-order valence-electron chi connectivity index (χ3n) is 4.51. The molecule has 3 aromatic rings. The summed E-state index contributed by atoms with van der Waals surface area (Å²) >= 11 is 0. The normalized spacial score (nSPS) is 10.9. The maximum atomic E-state index is 12.6. The summed E-state index contributed by atoms with van der Waals surface area (Å²) in [5.74, 6) is 0.0650. The Balaban J connectivity index is 1.74. The topological polar surface area (TPSA) is 128 Å². The van der Waals surface area contributed by atoms with Crippen molar-refractivity contribution in [2.45, 2.75) is 11.8 Å². The molecule has 0 bridgehead atoms. The number of nitro benzene ring substituents is 1. The molecule has 0 aromatic heterocycles. The molecule has 9 nitrogen and oxygen atoms in total. The second-order valence-electron chi connectivity index (χ2n) is 6.52. The fourth-order valence-electron chi connectivity index (χ4n) is 2.86. The molecule has 3 aromatic carbocycles. The monoisotopic (exact) mass is 441 g/mol. The van der Waals surface area contributed by atoms with Crippen molar-refractivity contribution < 1.29 is 22.9 Å². The van der Waals surface area contributed by atoms with Gasteiger partial charge in [-0.1, -0.05) is 6.07 Å². The van der Waals surface area contributed by atoms with Gasteiger partial charge in [0.1, 0.15) is 5.75 Å². The van der Waals surface area contributed by atoms with E-state index in [1.54, 1.807) is 24.3 Å². The first-order valence-electron chi connectivity index (χ1n) is 9.03. The number of carbonyl (C=O) groups is 1. The minimum Gasteiger partial charge on any atom is -0.497 e. The van der Waals surface area contributed by atoms with Crippen LogP contribution >= 0.6 is 0 Å². The molecule has 0 aliphatic heterocycles. The van der Waals surface area contributed by atoms with E-state index in [9.17, 15) is 23.3 Å². The number of benzene rings is 3. The lowest BCUT2D eigenvalue weighted by molar-refractivity contribution is -0.385. The molecule has 0 aliphatic carbocycles.